The normalized spacial score (nSPS) is 23.0. The number of alkyl halides is 1. The lowest BCUT2D eigenvalue weighted by molar-refractivity contribution is -0.123. The third-order valence-electron chi connectivity index (χ3n) is 3.77. The number of hydrogen-bond acceptors (Lipinski definition) is 3. The number of anilines is 2. The molecule has 0 aliphatic carbocycles. The van der Waals surface area contributed by atoms with Gasteiger partial charge in [-0.1, -0.05) is 22.0 Å². The molecule has 2 amide bonds. The number of carbonyl (C=O) groups excluding carboxylic acids is 2. The highest BCUT2D eigenvalue weighted by atomic mass is 79.9. The van der Waals surface area contributed by atoms with Crippen molar-refractivity contribution in [3.8, 4) is 0 Å². The smallest absolute Gasteiger partial charge is 0.233 e. The molecule has 2 atom stereocenters. The number of benzene rings is 1. The highest BCUT2D eigenvalue weighted by Crippen LogP contribution is 2.35. The zero-order chi connectivity index (χ0) is 14.8. The van der Waals surface area contributed by atoms with Gasteiger partial charge in [-0.05, 0) is 37.0 Å². The maximum Gasteiger partial charge on any atom is 0.233 e. The van der Waals surface area contributed by atoms with Gasteiger partial charge >= 0.3 is 0 Å². The second-order valence-electron chi connectivity index (χ2n) is 5.42. The van der Waals surface area contributed by atoms with Crippen molar-refractivity contribution in [1.29, 1.82) is 0 Å². The maximum atomic E-state index is 11.6. The molecule has 1 fully saturated rings. The summed E-state index contributed by atoms with van der Waals surface area (Å²) >= 11 is 3.69. The predicted octanol–water partition coefficient (Wildman–Crippen LogP) is 2.97. The van der Waals surface area contributed by atoms with Crippen LogP contribution in [0.4, 0.5) is 11.4 Å². The van der Waals surface area contributed by atoms with E-state index in [-0.39, 0.29) is 23.1 Å². The van der Waals surface area contributed by atoms with Gasteiger partial charge in [-0.2, -0.15) is 0 Å². The summed E-state index contributed by atoms with van der Waals surface area (Å²) in [4.78, 5) is 23.3. The zero-order valence-corrected chi connectivity index (χ0v) is 13.1. The molecule has 2 heterocycles. The van der Waals surface area contributed by atoms with E-state index in [0.29, 0.717) is 17.5 Å². The van der Waals surface area contributed by atoms with Crippen LogP contribution in [0, 0.1) is 0 Å². The Morgan fingerprint density at radius 2 is 2.00 bits per heavy atom. The summed E-state index contributed by atoms with van der Waals surface area (Å²) in [6, 6.07) is 5.70. The molecule has 1 saturated heterocycles. The molecular weight excluding hydrogens is 336 g/mol. The first-order valence-corrected chi connectivity index (χ1v) is 8.03. The molecule has 112 valence electrons. The molecular formula is C15H17BrN2O3. The highest BCUT2D eigenvalue weighted by Gasteiger charge is 2.23. The number of carbonyl (C=O) groups is 2. The van der Waals surface area contributed by atoms with Gasteiger partial charge in [0.05, 0.1) is 17.5 Å². The van der Waals surface area contributed by atoms with E-state index in [0.717, 1.165) is 31.4 Å². The van der Waals surface area contributed by atoms with Crippen LogP contribution in [-0.4, -0.2) is 24.5 Å². The van der Waals surface area contributed by atoms with Gasteiger partial charge in [0.25, 0.3) is 0 Å². The van der Waals surface area contributed by atoms with E-state index in [9.17, 15) is 9.59 Å². The van der Waals surface area contributed by atoms with Gasteiger partial charge in [-0.15, -0.1) is 0 Å². The van der Waals surface area contributed by atoms with Crippen LogP contribution in [0.25, 0.3) is 0 Å². The summed E-state index contributed by atoms with van der Waals surface area (Å²) < 4.78 is 5.65. The van der Waals surface area contributed by atoms with Crippen LogP contribution in [0.1, 0.15) is 36.1 Å². The zero-order valence-electron chi connectivity index (χ0n) is 11.5. The van der Waals surface area contributed by atoms with E-state index in [1.165, 1.54) is 0 Å². The molecule has 6 heteroatoms. The quantitative estimate of drug-likeness (QED) is 0.649. The standard InChI is InChI=1S/C15H17BrN2O3/c16-11(7-10-2-1-5-21-10)9-3-4-12-13(6-9)18-15(20)8-14(19)17-12/h3-4,6,10-11H,1-2,5,7-8H2,(H,17,19)(H,18,20). The number of hydrogen-bond donors (Lipinski definition) is 2. The van der Waals surface area contributed by atoms with E-state index in [4.69, 9.17) is 4.74 Å². The highest BCUT2D eigenvalue weighted by molar-refractivity contribution is 9.09. The average molecular weight is 353 g/mol. The van der Waals surface area contributed by atoms with Crippen molar-refractivity contribution in [3.63, 3.8) is 0 Å². The van der Waals surface area contributed by atoms with Crippen molar-refractivity contribution in [3.05, 3.63) is 23.8 Å². The van der Waals surface area contributed by atoms with Crippen LogP contribution in [-0.2, 0) is 14.3 Å². The van der Waals surface area contributed by atoms with Crippen molar-refractivity contribution in [2.24, 2.45) is 0 Å². The maximum absolute atomic E-state index is 11.6. The Kier molecular flexibility index (Phi) is 4.26. The Morgan fingerprint density at radius 3 is 2.71 bits per heavy atom. The van der Waals surface area contributed by atoms with Gasteiger partial charge < -0.3 is 15.4 Å². The van der Waals surface area contributed by atoms with E-state index in [1.807, 2.05) is 18.2 Å². The average Bonchev–Trinajstić information content (AvgIpc) is 2.87. The molecule has 1 aromatic rings. The van der Waals surface area contributed by atoms with Gasteiger partial charge in [0.15, 0.2) is 0 Å². The van der Waals surface area contributed by atoms with Crippen LogP contribution < -0.4 is 10.6 Å². The third kappa shape index (κ3) is 3.44. The second kappa shape index (κ2) is 6.15. The van der Waals surface area contributed by atoms with Crippen molar-refractivity contribution >= 4 is 39.1 Å². The Morgan fingerprint density at radius 1 is 1.24 bits per heavy atom. The second-order valence-corrected chi connectivity index (χ2v) is 6.52. The Labute approximate surface area is 131 Å². The fourth-order valence-corrected chi connectivity index (χ4v) is 3.40. The van der Waals surface area contributed by atoms with Crippen LogP contribution in [0.15, 0.2) is 18.2 Å². The van der Waals surface area contributed by atoms with Gasteiger partial charge in [0.2, 0.25) is 11.8 Å². The lowest BCUT2D eigenvalue weighted by atomic mass is 10.0. The third-order valence-corrected chi connectivity index (χ3v) is 4.67. The molecule has 2 aliphatic heterocycles. The van der Waals surface area contributed by atoms with Crippen molar-refractivity contribution in [1.82, 2.24) is 0 Å². The van der Waals surface area contributed by atoms with Gasteiger partial charge in [-0.3, -0.25) is 9.59 Å². The first-order valence-electron chi connectivity index (χ1n) is 7.11. The number of halogens is 1. The molecule has 2 N–H and O–H groups in total. The molecule has 0 bridgehead atoms. The van der Waals surface area contributed by atoms with Crippen molar-refractivity contribution < 1.29 is 14.3 Å². The lowest BCUT2D eigenvalue weighted by Gasteiger charge is -2.17. The van der Waals surface area contributed by atoms with Crippen molar-refractivity contribution in [2.75, 3.05) is 17.2 Å². The van der Waals surface area contributed by atoms with E-state index in [2.05, 4.69) is 26.6 Å². The Bertz CT molecular complexity index is 570. The van der Waals surface area contributed by atoms with Gasteiger partial charge in [0, 0.05) is 11.4 Å². The minimum absolute atomic E-state index is 0.141. The Hall–Kier alpha value is -1.40. The molecule has 0 saturated carbocycles. The summed E-state index contributed by atoms with van der Waals surface area (Å²) in [6.45, 7) is 0.844. The molecule has 5 nitrogen and oxygen atoms in total. The van der Waals surface area contributed by atoms with E-state index in [1.54, 1.807) is 0 Å². The largest absolute Gasteiger partial charge is 0.378 e. The number of amides is 2. The number of fused-ring (bicyclic) bond motifs is 1. The van der Waals surface area contributed by atoms with Crippen LogP contribution in [0.2, 0.25) is 0 Å². The first-order chi connectivity index (χ1) is 10.1. The fraction of sp³-hybridized carbons (Fsp3) is 0.467. The van der Waals surface area contributed by atoms with E-state index >= 15 is 0 Å². The van der Waals surface area contributed by atoms with Crippen molar-refractivity contribution in [2.45, 2.75) is 36.6 Å². The first kappa shape index (κ1) is 14.5. The molecule has 1 aromatic carbocycles. The van der Waals surface area contributed by atoms with E-state index < -0.39 is 0 Å². The minimum Gasteiger partial charge on any atom is -0.378 e. The molecule has 0 radical (unpaired) electrons. The van der Waals surface area contributed by atoms with Gasteiger partial charge in [-0.25, -0.2) is 0 Å². The summed E-state index contributed by atoms with van der Waals surface area (Å²) in [5.41, 5.74) is 2.37. The summed E-state index contributed by atoms with van der Waals surface area (Å²) in [5.74, 6) is -0.567. The van der Waals surface area contributed by atoms with Crippen LogP contribution in [0.3, 0.4) is 0 Å². The monoisotopic (exact) mass is 352 g/mol. The molecule has 2 aliphatic rings. The topological polar surface area (TPSA) is 67.4 Å². The van der Waals surface area contributed by atoms with Crippen LogP contribution in [0.5, 0.6) is 0 Å². The molecule has 3 rings (SSSR count). The number of ether oxygens (including phenoxy) is 1. The lowest BCUT2D eigenvalue weighted by Crippen LogP contribution is -2.16. The van der Waals surface area contributed by atoms with Crippen LogP contribution >= 0.6 is 15.9 Å². The molecule has 2 unspecified atom stereocenters. The molecule has 21 heavy (non-hydrogen) atoms. The summed E-state index contributed by atoms with van der Waals surface area (Å²) in [7, 11) is 0. The summed E-state index contributed by atoms with van der Waals surface area (Å²) in [5, 5.41) is 5.50. The molecule has 0 spiro atoms. The number of rotatable bonds is 3. The van der Waals surface area contributed by atoms with Gasteiger partial charge in [0.1, 0.15) is 6.42 Å². The Balaban J connectivity index is 1.78. The number of nitrogens with one attached hydrogen (secondary N) is 2. The predicted molar refractivity (Wildman–Crippen MR) is 83.6 cm³/mol. The fourth-order valence-electron chi connectivity index (χ4n) is 2.70. The SMILES string of the molecule is O=C1CC(=O)Nc2cc(C(Br)CC3CCCO3)ccc2N1. The summed E-state index contributed by atoms with van der Waals surface area (Å²) in [6.07, 6.45) is 3.27. The minimum atomic E-state index is -0.284. The molecule has 0 aromatic heterocycles.